The number of rotatable bonds is 4. The lowest BCUT2D eigenvalue weighted by molar-refractivity contribution is 0.422. The molecular weight excluding hydrogens is 352 g/mol. The van der Waals surface area contributed by atoms with Gasteiger partial charge in [-0.3, -0.25) is 4.79 Å². The number of hydrogen-bond acceptors (Lipinski definition) is 5. The van der Waals surface area contributed by atoms with Crippen molar-refractivity contribution in [1.29, 1.82) is 0 Å². The highest BCUT2D eigenvalue weighted by molar-refractivity contribution is 7.11. The molecule has 0 radical (unpaired) electrons. The molecule has 0 spiro atoms. The second-order valence-electron chi connectivity index (χ2n) is 6.04. The Morgan fingerprint density at radius 2 is 1.96 bits per heavy atom. The van der Waals surface area contributed by atoms with Gasteiger partial charge in [0.05, 0.1) is 23.8 Å². The van der Waals surface area contributed by atoms with E-state index in [0.29, 0.717) is 22.5 Å². The number of benzene rings is 1. The molecule has 0 aliphatic heterocycles. The maximum atomic E-state index is 13.0. The number of alkyl halides is 1. The molecule has 6 nitrogen and oxygen atoms in total. The number of hydrogen-bond donors (Lipinski definition) is 0. The number of aromatic nitrogens is 5. The van der Waals surface area contributed by atoms with Gasteiger partial charge in [0.2, 0.25) is 0 Å². The molecule has 0 amide bonds. The Balaban J connectivity index is 1.98. The number of fused-ring (bicyclic) bond motifs is 1. The minimum atomic E-state index is -0.522. The Hall–Kier alpha value is -2.87. The van der Waals surface area contributed by atoms with Gasteiger partial charge in [-0.1, -0.05) is 22.9 Å². The first-order valence-electron chi connectivity index (χ1n) is 8.13. The Bertz CT molecular complexity index is 1140. The fourth-order valence-electron chi connectivity index (χ4n) is 2.85. The van der Waals surface area contributed by atoms with E-state index in [0.717, 1.165) is 15.8 Å². The van der Waals surface area contributed by atoms with Crippen molar-refractivity contribution in [2.24, 2.45) is 0 Å². The van der Waals surface area contributed by atoms with E-state index < -0.39 is 6.67 Å². The van der Waals surface area contributed by atoms with Crippen molar-refractivity contribution in [2.75, 3.05) is 6.67 Å². The summed E-state index contributed by atoms with van der Waals surface area (Å²) in [6, 6.07) is 7.60. The van der Waals surface area contributed by atoms with Crippen LogP contribution >= 0.6 is 11.3 Å². The minimum Gasteiger partial charge on any atom is -0.267 e. The smallest absolute Gasteiger partial charge is 0.267 e. The van der Waals surface area contributed by atoms with Crippen molar-refractivity contribution in [3.05, 3.63) is 56.6 Å². The van der Waals surface area contributed by atoms with E-state index in [-0.39, 0.29) is 12.1 Å². The Labute approximate surface area is 152 Å². The molecule has 8 heteroatoms. The lowest BCUT2D eigenvalue weighted by atomic mass is 10.1. The zero-order valence-corrected chi connectivity index (χ0v) is 15.1. The Morgan fingerprint density at radius 1 is 1.19 bits per heavy atom. The standard InChI is InChI=1S/C18H16FN5OS/c1-11-3-5-13(6-4-11)24-18(25)16-12(2)26-10-14(16)17(21-24)15-9-23(8-7-19)22-20-15/h3-6,9-10H,7-8H2,1-2H3/i19-1. The SMILES string of the molecule is Cc1ccc(-n2nc(-c3cn(CC[18F])nn3)c3csc(C)c3c2=O)cc1. The average molecular weight is 368 g/mol. The molecule has 0 aliphatic carbocycles. The van der Waals surface area contributed by atoms with Crippen LogP contribution in [0.2, 0.25) is 0 Å². The van der Waals surface area contributed by atoms with E-state index in [1.54, 1.807) is 6.20 Å². The van der Waals surface area contributed by atoms with Gasteiger partial charge in [0, 0.05) is 15.6 Å². The van der Waals surface area contributed by atoms with Crippen LogP contribution in [0.1, 0.15) is 10.4 Å². The normalized spacial score (nSPS) is 11.3. The molecule has 0 fully saturated rings. The molecule has 3 heterocycles. The second kappa shape index (κ2) is 6.45. The lowest BCUT2D eigenvalue weighted by Crippen LogP contribution is -2.22. The zero-order valence-electron chi connectivity index (χ0n) is 14.3. The molecule has 0 unspecified atom stereocenters. The van der Waals surface area contributed by atoms with E-state index in [1.165, 1.54) is 20.7 Å². The Morgan fingerprint density at radius 3 is 2.69 bits per heavy atom. The van der Waals surface area contributed by atoms with Crippen LogP contribution < -0.4 is 5.56 Å². The van der Waals surface area contributed by atoms with Crippen LogP contribution in [-0.4, -0.2) is 31.4 Å². The number of nitrogens with zero attached hydrogens (tertiary/aromatic N) is 5. The molecular formula is C18H16FN5OS. The van der Waals surface area contributed by atoms with E-state index in [4.69, 9.17) is 0 Å². The maximum Gasteiger partial charge on any atom is 0.280 e. The molecule has 0 aliphatic rings. The van der Waals surface area contributed by atoms with Crippen LogP contribution in [-0.2, 0) is 6.54 Å². The van der Waals surface area contributed by atoms with Gasteiger partial charge in [-0.15, -0.1) is 16.4 Å². The van der Waals surface area contributed by atoms with Crippen molar-refractivity contribution in [3.8, 4) is 17.1 Å². The third kappa shape index (κ3) is 2.72. The predicted molar refractivity (Wildman–Crippen MR) is 99.7 cm³/mol. The quantitative estimate of drug-likeness (QED) is 0.554. The summed E-state index contributed by atoms with van der Waals surface area (Å²) in [5.41, 5.74) is 2.70. The Kier molecular flexibility index (Phi) is 4.12. The summed E-state index contributed by atoms with van der Waals surface area (Å²) in [4.78, 5) is 13.9. The first kappa shape index (κ1) is 16.6. The highest BCUT2D eigenvalue weighted by atomic mass is 32.1. The molecule has 26 heavy (non-hydrogen) atoms. The second-order valence-corrected chi connectivity index (χ2v) is 7.12. The molecule has 4 aromatic rings. The van der Waals surface area contributed by atoms with Gasteiger partial charge in [0.25, 0.3) is 5.56 Å². The topological polar surface area (TPSA) is 65.6 Å². The number of thiophene rings is 1. The van der Waals surface area contributed by atoms with E-state index >= 15 is 0 Å². The van der Waals surface area contributed by atoms with E-state index in [2.05, 4.69) is 15.4 Å². The molecule has 1 aromatic carbocycles. The van der Waals surface area contributed by atoms with Crippen LogP contribution in [0.25, 0.3) is 27.8 Å². The maximum absolute atomic E-state index is 13.0. The first-order chi connectivity index (χ1) is 12.6. The van der Waals surface area contributed by atoms with Crippen molar-refractivity contribution in [1.82, 2.24) is 24.8 Å². The van der Waals surface area contributed by atoms with Gasteiger partial charge in [0.15, 0.2) is 0 Å². The van der Waals surface area contributed by atoms with Crippen molar-refractivity contribution >= 4 is 22.1 Å². The number of halogens is 1. The van der Waals surface area contributed by atoms with Crippen LogP contribution in [0.15, 0.2) is 40.6 Å². The molecule has 132 valence electrons. The van der Waals surface area contributed by atoms with Gasteiger partial charge >= 0.3 is 0 Å². The minimum absolute atomic E-state index is 0.135. The van der Waals surface area contributed by atoms with Crippen molar-refractivity contribution < 1.29 is 4.39 Å². The summed E-state index contributed by atoms with van der Waals surface area (Å²) in [5, 5.41) is 15.9. The van der Waals surface area contributed by atoms with Crippen LogP contribution in [0.4, 0.5) is 4.39 Å². The van der Waals surface area contributed by atoms with Gasteiger partial charge in [0.1, 0.15) is 18.1 Å². The van der Waals surface area contributed by atoms with Crippen LogP contribution in [0.5, 0.6) is 0 Å². The molecule has 0 saturated carbocycles. The summed E-state index contributed by atoms with van der Waals surface area (Å²) >= 11 is 1.50. The van der Waals surface area contributed by atoms with Gasteiger partial charge in [-0.2, -0.15) is 9.78 Å². The molecule has 4 rings (SSSR count). The first-order valence-corrected chi connectivity index (χ1v) is 9.01. The summed E-state index contributed by atoms with van der Waals surface area (Å²) in [7, 11) is 0. The molecule has 0 bridgehead atoms. The molecule has 3 aromatic heterocycles. The van der Waals surface area contributed by atoms with Gasteiger partial charge in [-0.25, -0.2) is 9.07 Å². The van der Waals surface area contributed by atoms with Gasteiger partial charge < -0.3 is 0 Å². The third-order valence-corrected chi connectivity index (χ3v) is 5.12. The summed E-state index contributed by atoms with van der Waals surface area (Å²) in [6.45, 7) is 3.51. The predicted octanol–water partition coefficient (Wildman–Crippen LogP) is 3.29. The van der Waals surface area contributed by atoms with Gasteiger partial charge in [-0.05, 0) is 26.0 Å². The largest absolute Gasteiger partial charge is 0.280 e. The van der Waals surface area contributed by atoms with Crippen LogP contribution in [0, 0.1) is 13.8 Å². The van der Waals surface area contributed by atoms with Crippen LogP contribution in [0.3, 0.4) is 0 Å². The fourth-order valence-corrected chi connectivity index (χ4v) is 3.69. The zero-order chi connectivity index (χ0) is 18.3. The molecule has 0 atom stereocenters. The molecule has 0 N–H and O–H groups in total. The summed E-state index contributed by atoms with van der Waals surface area (Å²) < 4.78 is 15.4. The number of aryl methyl sites for hydroxylation is 3. The highest BCUT2D eigenvalue weighted by Gasteiger charge is 2.18. The van der Waals surface area contributed by atoms with E-state index in [1.807, 2.05) is 43.5 Å². The third-order valence-electron chi connectivity index (χ3n) is 4.21. The molecule has 0 saturated heterocycles. The fraction of sp³-hybridized carbons (Fsp3) is 0.222. The lowest BCUT2D eigenvalue weighted by Gasteiger charge is -2.08. The monoisotopic (exact) mass is 368 g/mol. The average Bonchev–Trinajstić information content (AvgIpc) is 3.24. The summed E-state index contributed by atoms with van der Waals surface area (Å²) in [6.07, 6.45) is 1.65. The summed E-state index contributed by atoms with van der Waals surface area (Å²) in [5.74, 6) is 0. The van der Waals surface area contributed by atoms with Crippen molar-refractivity contribution in [3.63, 3.8) is 0 Å². The van der Waals surface area contributed by atoms with E-state index in [9.17, 15) is 9.18 Å². The van der Waals surface area contributed by atoms with Crippen molar-refractivity contribution in [2.45, 2.75) is 20.4 Å². The highest BCUT2D eigenvalue weighted by Crippen LogP contribution is 2.29.